The third-order valence-corrected chi connectivity index (χ3v) is 3.98. The Morgan fingerprint density at radius 3 is 2.27 bits per heavy atom. The van der Waals surface area contributed by atoms with E-state index in [2.05, 4.69) is 0 Å². The van der Waals surface area contributed by atoms with Crippen LogP contribution in [0.25, 0.3) is 6.08 Å². The monoisotopic (exact) mass is 352 g/mol. The average molecular weight is 352 g/mol. The van der Waals surface area contributed by atoms with Gasteiger partial charge in [-0.3, -0.25) is 0 Å². The van der Waals surface area contributed by atoms with Crippen LogP contribution in [0.2, 0.25) is 0 Å². The number of carbonyl (C=O) groups is 2. The van der Waals surface area contributed by atoms with Gasteiger partial charge in [-0.25, -0.2) is 9.59 Å². The Hall–Kier alpha value is -3.08. The van der Waals surface area contributed by atoms with Gasteiger partial charge >= 0.3 is 11.9 Å². The minimum atomic E-state index is -1.26. The highest BCUT2D eigenvalue weighted by Gasteiger charge is 2.38. The second kappa shape index (κ2) is 7.04. The molecule has 0 spiro atoms. The molecule has 134 valence electrons. The molecule has 0 atom stereocenters. The summed E-state index contributed by atoms with van der Waals surface area (Å²) in [6.07, 6.45) is 1.44. The number of para-hydroxylation sites is 1. The van der Waals surface area contributed by atoms with E-state index in [9.17, 15) is 9.59 Å². The second-order valence-corrected chi connectivity index (χ2v) is 6.49. The summed E-state index contributed by atoms with van der Waals surface area (Å²) >= 11 is 0. The Bertz CT molecular complexity index is 857. The quantitative estimate of drug-likeness (QED) is 0.476. The lowest BCUT2D eigenvalue weighted by Crippen LogP contribution is -2.41. The summed E-state index contributed by atoms with van der Waals surface area (Å²) in [6.45, 7) is 5.43. The van der Waals surface area contributed by atoms with Gasteiger partial charge in [-0.05, 0) is 30.2 Å². The van der Waals surface area contributed by atoms with Crippen LogP contribution in [0.1, 0.15) is 30.5 Å². The summed E-state index contributed by atoms with van der Waals surface area (Å²) < 4.78 is 16.2. The number of benzene rings is 2. The summed E-state index contributed by atoms with van der Waals surface area (Å²) in [5.74, 6) is -2.11. The number of hydrogen-bond acceptors (Lipinski definition) is 5. The van der Waals surface area contributed by atoms with Crippen molar-refractivity contribution in [3.8, 4) is 5.75 Å². The van der Waals surface area contributed by atoms with Gasteiger partial charge in [0.05, 0.1) is 0 Å². The van der Waals surface area contributed by atoms with Crippen molar-refractivity contribution in [1.29, 1.82) is 0 Å². The van der Waals surface area contributed by atoms with E-state index in [1.54, 1.807) is 18.2 Å². The van der Waals surface area contributed by atoms with Crippen molar-refractivity contribution in [1.82, 2.24) is 0 Å². The first-order valence-corrected chi connectivity index (χ1v) is 8.30. The summed E-state index contributed by atoms with van der Waals surface area (Å²) in [5, 5.41) is 0. The molecule has 1 aliphatic rings. The number of ether oxygens (including phenoxy) is 3. The molecule has 0 bridgehead atoms. The van der Waals surface area contributed by atoms with Gasteiger partial charge < -0.3 is 14.2 Å². The number of hydrogen-bond donors (Lipinski definition) is 0. The summed E-state index contributed by atoms with van der Waals surface area (Å²) in [4.78, 5) is 24.3. The van der Waals surface area contributed by atoms with Gasteiger partial charge in [-0.1, -0.05) is 42.5 Å². The third-order valence-electron chi connectivity index (χ3n) is 3.98. The standard InChI is InChI=1S/C21H20O5/c1-14-8-4-5-10-16(14)13-24-18-11-7-6-9-15(18)12-17-19(22)25-21(2,3)26-20(17)23/h4-12H,13H2,1-3H3. The van der Waals surface area contributed by atoms with Crippen molar-refractivity contribution in [3.63, 3.8) is 0 Å². The maximum absolute atomic E-state index is 12.1. The second-order valence-electron chi connectivity index (χ2n) is 6.49. The van der Waals surface area contributed by atoms with Crippen molar-refractivity contribution < 1.29 is 23.8 Å². The lowest BCUT2D eigenvalue weighted by Gasteiger charge is -2.29. The van der Waals surface area contributed by atoms with Crippen LogP contribution in [-0.2, 0) is 25.7 Å². The van der Waals surface area contributed by atoms with Crippen molar-refractivity contribution in [3.05, 3.63) is 70.8 Å². The maximum atomic E-state index is 12.1. The van der Waals surface area contributed by atoms with Crippen molar-refractivity contribution in [2.45, 2.75) is 33.2 Å². The van der Waals surface area contributed by atoms with Crippen molar-refractivity contribution in [2.24, 2.45) is 0 Å². The van der Waals surface area contributed by atoms with E-state index in [4.69, 9.17) is 14.2 Å². The molecule has 0 amide bonds. The Morgan fingerprint density at radius 2 is 1.58 bits per heavy atom. The minimum absolute atomic E-state index is 0.156. The fraction of sp³-hybridized carbons (Fsp3) is 0.238. The molecule has 0 N–H and O–H groups in total. The fourth-order valence-electron chi connectivity index (χ4n) is 2.59. The molecule has 1 saturated heterocycles. The van der Waals surface area contributed by atoms with Crippen LogP contribution in [0.15, 0.2) is 54.1 Å². The first-order valence-electron chi connectivity index (χ1n) is 8.30. The van der Waals surface area contributed by atoms with Crippen LogP contribution in [0.3, 0.4) is 0 Å². The van der Waals surface area contributed by atoms with Gasteiger partial charge in [-0.2, -0.15) is 0 Å². The van der Waals surface area contributed by atoms with E-state index in [-0.39, 0.29) is 5.57 Å². The molecule has 1 aliphatic heterocycles. The van der Waals surface area contributed by atoms with Gasteiger partial charge in [0.1, 0.15) is 17.9 Å². The smallest absolute Gasteiger partial charge is 0.348 e. The zero-order chi connectivity index (χ0) is 18.7. The normalized spacial score (nSPS) is 15.9. The highest BCUT2D eigenvalue weighted by atomic mass is 16.7. The molecule has 5 nitrogen and oxygen atoms in total. The minimum Gasteiger partial charge on any atom is -0.488 e. The molecule has 1 heterocycles. The van der Waals surface area contributed by atoms with E-state index in [0.29, 0.717) is 17.9 Å². The molecule has 0 aliphatic carbocycles. The van der Waals surface area contributed by atoms with E-state index in [0.717, 1.165) is 11.1 Å². The van der Waals surface area contributed by atoms with Gasteiger partial charge in [-0.15, -0.1) is 0 Å². The molecule has 2 aromatic carbocycles. The summed E-state index contributed by atoms with van der Waals surface area (Å²) in [7, 11) is 0. The summed E-state index contributed by atoms with van der Waals surface area (Å²) in [6, 6.07) is 15.1. The Balaban J connectivity index is 1.84. The molecule has 3 rings (SSSR count). The topological polar surface area (TPSA) is 61.8 Å². The van der Waals surface area contributed by atoms with E-state index in [1.165, 1.54) is 19.9 Å². The van der Waals surface area contributed by atoms with Crippen LogP contribution >= 0.6 is 0 Å². The van der Waals surface area contributed by atoms with Gasteiger partial charge in [0, 0.05) is 19.4 Å². The Kier molecular flexibility index (Phi) is 4.80. The molecular weight excluding hydrogens is 332 g/mol. The lowest BCUT2D eigenvalue weighted by molar-refractivity contribution is -0.222. The lowest BCUT2D eigenvalue weighted by atomic mass is 10.1. The molecule has 5 heteroatoms. The maximum Gasteiger partial charge on any atom is 0.348 e. The van der Waals surface area contributed by atoms with Crippen LogP contribution in [0.5, 0.6) is 5.75 Å². The largest absolute Gasteiger partial charge is 0.488 e. The number of cyclic esters (lactones) is 2. The van der Waals surface area contributed by atoms with Crippen LogP contribution in [0.4, 0.5) is 0 Å². The molecule has 0 radical (unpaired) electrons. The van der Waals surface area contributed by atoms with Crippen molar-refractivity contribution >= 4 is 18.0 Å². The zero-order valence-electron chi connectivity index (χ0n) is 14.9. The molecule has 0 unspecified atom stereocenters. The van der Waals surface area contributed by atoms with Crippen LogP contribution in [-0.4, -0.2) is 17.7 Å². The number of aryl methyl sites for hydroxylation is 1. The van der Waals surface area contributed by atoms with E-state index in [1.807, 2.05) is 37.3 Å². The van der Waals surface area contributed by atoms with E-state index < -0.39 is 17.7 Å². The molecular formula is C21H20O5. The SMILES string of the molecule is Cc1ccccc1COc1ccccc1C=C1C(=O)OC(C)(C)OC1=O. The first kappa shape index (κ1) is 17.7. The van der Waals surface area contributed by atoms with Crippen LogP contribution < -0.4 is 4.74 Å². The Labute approximate surface area is 152 Å². The number of esters is 2. The zero-order valence-corrected chi connectivity index (χ0v) is 14.9. The summed E-state index contributed by atoms with van der Waals surface area (Å²) in [5.41, 5.74) is 2.64. The predicted octanol–water partition coefficient (Wildman–Crippen LogP) is 3.79. The van der Waals surface area contributed by atoms with E-state index >= 15 is 0 Å². The molecule has 0 saturated carbocycles. The number of carbonyl (C=O) groups excluding carboxylic acids is 2. The molecule has 2 aromatic rings. The molecule has 26 heavy (non-hydrogen) atoms. The highest BCUT2D eigenvalue weighted by Crippen LogP contribution is 2.27. The molecule has 0 aromatic heterocycles. The van der Waals surface area contributed by atoms with Crippen LogP contribution in [0, 0.1) is 6.92 Å². The van der Waals surface area contributed by atoms with Crippen molar-refractivity contribution in [2.75, 3.05) is 0 Å². The molecule has 1 fully saturated rings. The van der Waals surface area contributed by atoms with Gasteiger partial charge in [0.25, 0.3) is 5.79 Å². The average Bonchev–Trinajstić information content (AvgIpc) is 2.57. The highest BCUT2D eigenvalue weighted by molar-refractivity contribution is 6.19. The predicted molar refractivity (Wildman–Crippen MR) is 96.2 cm³/mol. The van der Waals surface area contributed by atoms with Gasteiger partial charge in [0.2, 0.25) is 0 Å². The first-order chi connectivity index (χ1) is 12.4. The van der Waals surface area contributed by atoms with Gasteiger partial charge in [0.15, 0.2) is 0 Å². The third kappa shape index (κ3) is 3.94. The Morgan fingerprint density at radius 1 is 0.962 bits per heavy atom. The number of rotatable bonds is 4. The fourth-order valence-corrected chi connectivity index (χ4v) is 2.59.